The summed E-state index contributed by atoms with van der Waals surface area (Å²) in [4.78, 5) is 37.0. The molecule has 2 rings (SSSR count). The highest BCUT2D eigenvalue weighted by molar-refractivity contribution is 6.31. The molecule has 36 heavy (non-hydrogen) atoms. The number of esters is 3. The van der Waals surface area contributed by atoms with Crippen molar-refractivity contribution in [1.82, 2.24) is 5.32 Å². The predicted molar refractivity (Wildman–Crippen MR) is 114 cm³/mol. The summed E-state index contributed by atoms with van der Waals surface area (Å²) in [6, 6.07) is 1.26. The topological polar surface area (TPSA) is 100 Å². The second kappa shape index (κ2) is 12.2. The molecule has 1 aliphatic rings. The number of ether oxygens (including phenoxy) is 4. The van der Waals surface area contributed by atoms with E-state index in [1.165, 1.54) is 6.92 Å². The largest absolute Gasteiger partial charge is 0.467 e. The summed E-state index contributed by atoms with van der Waals surface area (Å²) >= 11 is 5.78. The SMILES string of the molecule is CCOC(=O)C1=C(COCC(=O)OC)NC(CF)=C(C(=O)OC)C1c1c(F)ccc(Cl)c1C(F)(F)F. The first-order valence-corrected chi connectivity index (χ1v) is 10.5. The lowest BCUT2D eigenvalue weighted by Gasteiger charge is -2.33. The first-order chi connectivity index (χ1) is 16.9. The molecule has 8 nitrogen and oxygen atoms in total. The summed E-state index contributed by atoms with van der Waals surface area (Å²) in [6.45, 7) is -1.66. The van der Waals surface area contributed by atoms with Crippen LogP contribution in [0.5, 0.6) is 0 Å². The van der Waals surface area contributed by atoms with E-state index in [0.717, 1.165) is 14.2 Å². The smallest absolute Gasteiger partial charge is 0.418 e. The van der Waals surface area contributed by atoms with E-state index in [-0.39, 0.29) is 12.3 Å². The fourth-order valence-corrected chi connectivity index (χ4v) is 3.82. The van der Waals surface area contributed by atoms with E-state index in [1.807, 2.05) is 0 Å². The lowest BCUT2D eigenvalue weighted by molar-refractivity contribution is -0.145. The number of carbonyl (C=O) groups is 3. The maximum atomic E-state index is 15.2. The third-order valence-corrected chi connectivity index (χ3v) is 5.29. The lowest BCUT2D eigenvalue weighted by atomic mass is 9.78. The van der Waals surface area contributed by atoms with E-state index in [2.05, 4.69) is 14.8 Å². The van der Waals surface area contributed by atoms with Gasteiger partial charge < -0.3 is 24.3 Å². The number of hydrogen-bond donors (Lipinski definition) is 1. The molecule has 1 heterocycles. The van der Waals surface area contributed by atoms with Crippen molar-refractivity contribution in [3.05, 3.63) is 56.6 Å². The van der Waals surface area contributed by atoms with Crippen molar-refractivity contribution >= 4 is 29.5 Å². The van der Waals surface area contributed by atoms with E-state index in [9.17, 15) is 31.9 Å². The number of nitrogens with one attached hydrogen (secondary N) is 1. The third kappa shape index (κ3) is 6.13. The van der Waals surface area contributed by atoms with Crippen LogP contribution < -0.4 is 5.32 Å². The van der Waals surface area contributed by atoms with E-state index in [4.69, 9.17) is 21.1 Å². The minimum absolute atomic E-state index is 0.261. The van der Waals surface area contributed by atoms with Crippen molar-refractivity contribution in [3.63, 3.8) is 0 Å². The summed E-state index contributed by atoms with van der Waals surface area (Å²) in [7, 11) is 1.93. The molecule has 0 spiro atoms. The Balaban J connectivity index is 2.94. The van der Waals surface area contributed by atoms with Gasteiger partial charge in [0.25, 0.3) is 0 Å². The van der Waals surface area contributed by atoms with Gasteiger partial charge in [0.05, 0.1) is 66.5 Å². The Morgan fingerprint density at radius 2 is 1.69 bits per heavy atom. The Labute approximate surface area is 207 Å². The van der Waals surface area contributed by atoms with Crippen LogP contribution in [0.25, 0.3) is 0 Å². The Bertz CT molecular complexity index is 1100. The number of alkyl halides is 4. The Morgan fingerprint density at radius 3 is 2.22 bits per heavy atom. The van der Waals surface area contributed by atoms with E-state index < -0.39 is 88.7 Å². The Morgan fingerprint density at radius 1 is 1.06 bits per heavy atom. The molecule has 0 bridgehead atoms. The number of allylic oxidation sites excluding steroid dienone is 1. The molecule has 0 saturated heterocycles. The average molecular weight is 542 g/mol. The molecule has 1 aromatic rings. The van der Waals surface area contributed by atoms with Gasteiger partial charge in [0.1, 0.15) is 19.1 Å². The number of methoxy groups -OCH3 is 2. The number of carbonyl (C=O) groups excluding carboxylic acids is 3. The Kier molecular flexibility index (Phi) is 9.82. The maximum Gasteiger partial charge on any atom is 0.418 e. The summed E-state index contributed by atoms with van der Waals surface area (Å²) in [5.41, 5.74) is -5.43. The Hall–Kier alpha value is -3.19. The quantitative estimate of drug-likeness (QED) is 0.288. The van der Waals surface area contributed by atoms with Crippen LogP contribution in [-0.2, 0) is 39.5 Å². The van der Waals surface area contributed by atoms with Crippen LogP contribution in [0.15, 0.2) is 34.7 Å². The van der Waals surface area contributed by atoms with Crippen LogP contribution >= 0.6 is 11.6 Å². The molecule has 1 aromatic carbocycles. The monoisotopic (exact) mass is 541 g/mol. The summed E-state index contributed by atoms with van der Waals surface area (Å²) in [5, 5.41) is 1.48. The molecular weight excluding hydrogens is 521 g/mol. The normalized spacial score (nSPS) is 16.0. The van der Waals surface area contributed by atoms with Gasteiger partial charge in [0.2, 0.25) is 0 Å². The van der Waals surface area contributed by atoms with E-state index in [1.54, 1.807) is 0 Å². The van der Waals surface area contributed by atoms with Gasteiger partial charge in [0.15, 0.2) is 0 Å². The molecule has 0 aliphatic carbocycles. The van der Waals surface area contributed by atoms with Crippen LogP contribution in [0.3, 0.4) is 0 Å². The molecule has 1 N–H and O–H groups in total. The highest BCUT2D eigenvalue weighted by Crippen LogP contribution is 2.48. The van der Waals surface area contributed by atoms with Crippen LogP contribution in [0.4, 0.5) is 22.0 Å². The summed E-state index contributed by atoms with van der Waals surface area (Å²) in [6.07, 6.45) is -5.25. The van der Waals surface area contributed by atoms with Crippen LogP contribution in [0.2, 0.25) is 5.02 Å². The molecule has 0 aromatic heterocycles. The summed E-state index contributed by atoms with van der Waals surface area (Å²) < 4.78 is 90.5. The number of hydrogen-bond acceptors (Lipinski definition) is 8. The van der Waals surface area contributed by atoms with Gasteiger partial charge in [-0.15, -0.1) is 0 Å². The molecule has 198 valence electrons. The third-order valence-electron chi connectivity index (χ3n) is 4.97. The number of rotatable bonds is 9. The fourth-order valence-electron chi connectivity index (χ4n) is 3.55. The first kappa shape index (κ1) is 29.0. The zero-order valence-electron chi connectivity index (χ0n) is 19.2. The zero-order valence-corrected chi connectivity index (χ0v) is 19.9. The molecule has 0 fully saturated rings. The van der Waals surface area contributed by atoms with Gasteiger partial charge in [-0.3, -0.25) is 0 Å². The van der Waals surface area contributed by atoms with Gasteiger partial charge in [-0.1, -0.05) is 11.6 Å². The van der Waals surface area contributed by atoms with Crippen LogP contribution in [-0.4, -0.2) is 58.6 Å². The average Bonchev–Trinajstić information content (AvgIpc) is 2.82. The molecule has 0 amide bonds. The number of dihydropyridines is 1. The van der Waals surface area contributed by atoms with E-state index in [0.29, 0.717) is 12.1 Å². The highest BCUT2D eigenvalue weighted by Gasteiger charge is 2.47. The molecular formula is C22H21ClF5NO7. The van der Waals surface area contributed by atoms with E-state index >= 15 is 4.39 Å². The van der Waals surface area contributed by atoms with Gasteiger partial charge in [-0.25, -0.2) is 23.2 Å². The van der Waals surface area contributed by atoms with Crippen molar-refractivity contribution < 1.29 is 55.3 Å². The molecule has 0 radical (unpaired) electrons. The van der Waals surface area contributed by atoms with Crippen LogP contribution in [0, 0.1) is 5.82 Å². The minimum Gasteiger partial charge on any atom is -0.467 e. The first-order valence-electron chi connectivity index (χ1n) is 10.2. The fraction of sp³-hybridized carbons (Fsp3) is 0.409. The maximum absolute atomic E-state index is 15.2. The number of benzene rings is 1. The van der Waals surface area contributed by atoms with Crippen molar-refractivity contribution in [2.24, 2.45) is 0 Å². The van der Waals surface area contributed by atoms with Gasteiger partial charge in [-0.05, 0) is 19.1 Å². The zero-order chi connectivity index (χ0) is 27.2. The molecule has 1 unspecified atom stereocenters. The van der Waals surface area contributed by atoms with Crippen molar-refractivity contribution in [2.45, 2.75) is 19.0 Å². The highest BCUT2D eigenvalue weighted by atomic mass is 35.5. The minimum atomic E-state index is -5.25. The number of halogens is 6. The second-order valence-corrected chi connectivity index (χ2v) is 7.48. The van der Waals surface area contributed by atoms with Crippen molar-refractivity contribution in [1.29, 1.82) is 0 Å². The predicted octanol–water partition coefficient (Wildman–Crippen LogP) is 3.59. The summed E-state index contributed by atoms with van der Waals surface area (Å²) in [5.74, 6) is -7.11. The van der Waals surface area contributed by atoms with Crippen LogP contribution in [0.1, 0.15) is 24.0 Å². The molecule has 1 atom stereocenters. The van der Waals surface area contributed by atoms with Crippen molar-refractivity contribution in [3.8, 4) is 0 Å². The molecule has 14 heteroatoms. The second-order valence-electron chi connectivity index (χ2n) is 7.07. The standard InChI is InChI=1S/C22H21ClF5NO7/c1-4-36-21(32)17-13(8-35-9-14(30)33-2)29-12(7-24)16(20(31)34-3)18(17)15-11(25)6-5-10(23)19(15)22(26,27)28/h5-6,18,29H,4,7-9H2,1-3H3. The van der Waals surface area contributed by atoms with Crippen molar-refractivity contribution in [2.75, 3.05) is 40.7 Å². The lowest BCUT2D eigenvalue weighted by Crippen LogP contribution is -2.37. The van der Waals surface area contributed by atoms with Gasteiger partial charge >= 0.3 is 24.1 Å². The molecule has 0 saturated carbocycles. The van der Waals surface area contributed by atoms with Gasteiger partial charge in [-0.2, -0.15) is 13.2 Å². The molecule has 1 aliphatic heterocycles. The van der Waals surface area contributed by atoms with Gasteiger partial charge in [0, 0.05) is 5.56 Å².